The molecule has 2 heterocycles. The van der Waals surface area contributed by atoms with Crippen molar-refractivity contribution in [2.24, 2.45) is 0 Å². The molecule has 0 saturated carbocycles. The largest absolute Gasteiger partial charge is 0.377 e. The van der Waals surface area contributed by atoms with E-state index in [0.717, 1.165) is 17.1 Å². The molecule has 0 saturated heterocycles. The lowest BCUT2D eigenvalue weighted by Crippen LogP contribution is -2.03. The number of rotatable bonds is 4. The minimum atomic E-state index is 0.584. The van der Waals surface area contributed by atoms with Crippen LogP contribution in [-0.4, -0.2) is 25.0 Å². The second kappa shape index (κ2) is 5.26. The quantitative estimate of drug-likeness (QED) is 0.765. The first-order valence-corrected chi connectivity index (χ1v) is 5.87. The van der Waals surface area contributed by atoms with Crippen molar-refractivity contribution >= 4 is 5.69 Å². The normalized spacial score (nSPS) is 10.3. The van der Waals surface area contributed by atoms with Crippen LogP contribution in [0.15, 0.2) is 55.2 Å². The fourth-order valence-electron chi connectivity index (χ4n) is 1.64. The third kappa shape index (κ3) is 2.74. The van der Waals surface area contributed by atoms with Crippen molar-refractivity contribution in [1.29, 1.82) is 0 Å². The van der Waals surface area contributed by atoms with E-state index in [1.165, 1.54) is 6.33 Å². The summed E-state index contributed by atoms with van der Waals surface area (Å²) in [5.74, 6) is 0. The first kappa shape index (κ1) is 11.3. The SMILES string of the molecule is c1ccc(-n2ncc(CNc3cncnc3)n2)cc1. The number of hydrogen-bond acceptors (Lipinski definition) is 5. The van der Waals surface area contributed by atoms with E-state index in [2.05, 4.69) is 25.5 Å². The van der Waals surface area contributed by atoms with Crippen LogP contribution in [0.25, 0.3) is 5.69 Å². The molecule has 0 amide bonds. The smallest absolute Gasteiger partial charge is 0.115 e. The summed E-state index contributed by atoms with van der Waals surface area (Å²) in [6.07, 6.45) is 6.67. The van der Waals surface area contributed by atoms with Gasteiger partial charge in [-0.1, -0.05) is 18.2 Å². The highest BCUT2D eigenvalue weighted by molar-refractivity contribution is 5.37. The summed E-state index contributed by atoms with van der Waals surface area (Å²) in [6.45, 7) is 0.584. The van der Waals surface area contributed by atoms with E-state index in [0.29, 0.717) is 6.54 Å². The van der Waals surface area contributed by atoms with Crippen molar-refractivity contribution in [2.75, 3.05) is 5.32 Å². The first-order chi connectivity index (χ1) is 9.42. The number of anilines is 1. The third-order valence-electron chi connectivity index (χ3n) is 2.56. The van der Waals surface area contributed by atoms with E-state index in [4.69, 9.17) is 0 Å². The molecule has 0 fully saturated rings. The Hall–Kier alpha value is -2.76. The van der Waals surface area contributed by atoms with E-state index in [1.807, 2.05) is 30.3 Å². The summed E-state index contributed by atoms with van der Waals surface area (Å²) in [4.78, 5) is 9.48. The highest BCUT2D eigenvalue weighted by Crippen LogP contribution is 2.06. The van der Waals surface area contributed by atoms with Gasteiger partial charge < -0.3 is 5.32 Å². The lowest BCUT2D eigenvalue weighted by atomic mass is 10.3. The van der Waals surface area contributed by atoms with Crippen LogP contribution in [0.4, 0.5) is 5.69 Å². The lowest BCUT2D eigenvalue weighted by Gasteiger charge is -2.01. The van der Waals surface area contributed by atoms with Gasteiger partial charge in [0.15, 0.2) is 0 Å². The predicted octanol–water partition coefficient (Wildman–Crippen LogP) is 1.67. The molecule has 0 aliphatic rings. The maximum Gasteiger partial charge on any atom is 0.115 e. The number of hydrogen-bond donors (Lipinski definition) is 1. The van der Waals surface area contributed by atoms with Gasteiger partial charge in [-0.25, -0.2) is 9.97 Å². The van der Waals surface area contributed by atoms with Crippen molar-refractivity contribution in [3.8, 4) is 5.69 Å². The summed E-state index contributed by atoms with van der Waals surface area (Å²) in [5.41, 5.74) is 2.65. The first-order valence-electron chi connectivity index (χ1n) is 5.87. The Morgan fingerprint density at radius 3 is 2.58 bits per heavy atom. The van der Waals surface area contributed by atoms with Crippen molar-refractivity contribution in [3.05, 3.63) is 60.9 Å². The highest BCUT2D eigenvalue weighted by atomic mass is 15.5. The molecule has 0 aliphatic carbocycles. The zero-order valence-corrected chi connectivity index (χ0v) is 10.1. The fraction of sp³-hybridized carbons (Fsp3) is 0.0769. The van der Waals surface area contributed by atoms with E-state index in [1.54, 1.807) is 23.4 Å². The van der Waals surface area contributed by atoms with Gasteiger partial charge in [-0.3, -0.25) is 0 Å². The zero-order valence-electron chi connectivity index (χ0n) is 10.1. The molecule has 0 bridgehead atoms. The maximum atomic E-state index is 4.40. The zero-order chi connectivity index (χ0) is 12.9. The van der Waals surface area contributed by atoms with Crippen LogP contribution in [-0.2, 0) is 6.54 Å². The van der Waals surface area contributed by atoms with E-state index in [-0.39, 0.29) is 0 Å². The number of benzene rings is 1. The number of para-hydroxylation sites is 1. The number of nitrogens with one attached hydrogen (secondary N) is 1. The molecule has 94 valence electrons. The Morgan fingerprint density at radius 2 is 1.79 bits per heavy atom. The van der Waals surface area contributed by atoms with Crippen molar-refractivity contribution in [1.82, 2.24) is 25.0 Å². The van der Waals surface area contributed by atoms with Crippen molar-refractivity contribution in [3.63, 3.8) is 0 Å². The predicted molar refractivity (Wildman–Crippen MR) is 70.7 cm³/mol. The molecule has 6 heteroatoms. The van der Waals surface area contributed by atoms with Gasteiger partial charge in [-0.15, -0.1) is 0 Å². The maximum absolute atomic E-state index is 4.40. The Bertz CT molecular complexity index is 635. The van der Waals surface area contributed by atoms with Gasteiger partial charge in [0.25, 0.3) is 0 Å². The van der Waals surface area contributed by atoms with E-state index < -0.39 is 0 Å². The van der Waals surface area contributed by atoms with Crippen LogP contribution in [0.1, 0.15) is 5.69 Å². The lowest BCUT2D eigenvalue weighted by molar-refractivity contribution is 0.740. The third-order valence-corrected chi connectivity index (χ3v) is 2.56. The minimum absolute atomic E-state index is 0.584. The van der Waals surface area contributed by atoms with Crippen LogP contribution >= 0.6 is 0 Å². The van der Waals surface area contributed by atoms with Gasteiger partial charge in [0.2, 0.25) is 0 Å². The molecule has 0 atom stereocenters. The van der Waals surface area contributed by atoms with E-state index >= 15 is 0 Å². The van der Waals surface area contributed by atoms with Crippen LogP contribution < -0.4 is 5.32 Å². The summed E-state index contributed by atoms with van der Waals surface area (Å²) in [6, 6.07) is 9.80. The van der Waals surface area contributed by atoms with Gasteiger partial charge in [0, 0.05) is 0 Å². The molecule has 3 rings (SSSR count). The van der Waals surface area contributed by atoms with Gasteiger partial charge in [0.1, 0.15) is 12.0 Å². The Morgan fingerprint density at radius 1 is 1.00 bits per heavy atom. The molecular weight excluding hydrogens is 240 g/mol. The van der Waals surface area contributed by atoms with Gasteiger partial charge in [-0.2, -0.15) is 15.0 Å². The van der Waals surface area contributed by atoms with Crippen LogP contribution in [0.2, 0.25) is 0 Å². The summed E-state index contributed by atoms with van der Waals surface area (Å²) < 4.78 is 0. The molecule has 0 spiro atoms. The standard InChI is InChI=1S/C13H12N6/c1-2-4-13(5-3-1)19-17-9-12(18-19)8-16-11-6-14-10-15-7-11/h1-7,9-10,16H,8H2. The second-order valence-electron chi connectivity index (χ2n) is 3.94. The van der Waals surface area contributed by atoms with Gasteiger partial charge in [-0.05, 0) is 12.1 Å². The average molecular weight is 252 g/mol. The Balaban J connectivity index is 1.69. The summed E-state index contributed by atoms with van der Waals surface area (Å²) >= 11 is 0. The van der Waals surface area contributed by atoms with Gasteiger partial charge >= 0.3 is 0 Å². The minimum Gasteiger partial charge on any atom is -0.377 e. The molecule has 0 aliphatic heterocycles. The van der Waals surface area contributed by atoms with Gasteiger partial charge in [0.05, 0.1) is 36.5 Å². The fourth-order valence-corrected chi connectivity index (χ4v) is 1.64. The average Bonchev–Trinajstić information content (AvgIpc) is 2.96. The van der Waals surface area contributed by atoms with E-state index in [9.17, 15) is 0 Å². The van der Waals surface area contributed by atoms with Crippen LogP contribution in [0, 0.1) is 0 Å². The molecule has 0 radical (unpaired) electrons. The molecule has 19 heavy (non-hydrogen) atoms. The van der Waals surface area contributed by atoms with Crippen molar-refractivity contribution in [2.45, 2.75) is 6.54 Å². The molecule has 6 nitrogen and oxygen atoms in total. The summed E-state index contributed by atoms with van der Waals surface area (Å²) in [7, 11) is 0. The Kier molecular flexibility index (Phi) is 3.14. The molecule has 2 aromatic heterocycles. The monoisotopic (exact) mass is 252 g/mol. The number of nitrogens with zero attached hydrogens (tertiary/aromatic N) is 5. The summed E-state index contributed by atoms with van der Waals surface area (Å²) in [5, 5.41) is 11.8. The van der Waals surface area contributed by atoms with Crippen LogP contribution in [0.5, 0.6) is 0 Å². The molecular formula is C13H12N6. The van der Waals surface area contributed by atoms with Crippen LogP contribution in [0.3, 0.4) is 0 Å². The molecule has 1 aromatic carbocycles. The topological polar surface area (TPSA) is 68.5 Å². The van der Waals surface area contributed by atoms with Crippen molar-refractivity contribution < 1.29 is 0 Å². The molecule has 0 unspecified atom stereocenters. The highest BCUT2D eigenvalue weighted by Gasteiger charge is 2.02. The number of aromatic nitrogens is 5. The Labute approximate surface area is 110 Å². The molecule has 3 aromatic rings. The molecule has 1 N–H and O–H groups in total. The second-order valence-corrected chi connectivity index (χ2v) is 3.94.